The SMILES string of the molecule is CC(=O)Nc1cccc(NC(=O)CCc2ccc(S(=O)(=O)NC3CCCCC3)cc2)c1. The minimum atomic E-state index is -3.52. The van der Waals surface area contributed by atoms with Gasteiger partial charge in [-0.2, -0.15) is 0 Å². The van der Waals surface area contributed by atoms with E-state index < -0.39 is 10.0 Å². The average molecular weight is 444 g/mol. The Kier molecular flexibility index (Phi) is 7.81. The van der Waals surface area contributed by atoms with Gasteiger partial charge in [-0.1, -0.05) is 37.5 Å². The van der Waals surface area contributed by atoms with E-state index >= 15 is 0 Å². The van der Waals surface area contributed by atoms with Gasteiger partial charge >= 0.3 is 0 Å². The second-order valence-corrected chi connectivity index (χ2v) is 9.62. The number of anilines is 2. The summed E-state index contributed by atoms with van der Waals surface area (Å²) in [5.41, 5.74) is 2.11. The highest BCUT2D eigenvalue weighted by molar-refractivity contribution is 7.89. The molecule has 0 heterocycles. The van der Waals surface area contributed by atoms with Gasteiger partial charge in [-0.25, -0.2) is 13.1 Å². The van der Waals surface area contributed by atoms with Crippen molar-refractivity contribution in [3.8, 4) is 0 Å². The number of aryl methyl sites for hydroxylation is 1. The fraction of sp³-hybridized carbons (Fsp3) is 0.391. The predicted molar refractivity (Wildman–Crippen MR) is 121 cm³/mol. The van der Waals surface area contributed by atoms with E-state index in [-0.39, 0.29) is 29.2 Å². The lowest BCUT2D eigenvalue weighted by atomic mass is 9.96. The van der Waals surface area contributed by atoms with Crippen LogP contribution < -0.4 is 15.4 Å². The first-order valence-electron chi connectivity index (χ1n) is 10.6. The molecule has 2 aromatic rings. The lowest BCUT2D eigenvalue weighted by Gasteiger charge is -2.22. The Morgan fingerprint density at radius 3 is 2.23 bits per heavy atom. The lowest BCUT2D eigenvalue weighted by molar-refractivity contribution is -0.116. The molecular formula is C23H29N3O4S. The largest absolute Gasteiger partial charge is 0.326 e. The molecule has 0 atom stereocenters. The minimum absolute atomic E-state index is 0.0197. The molecule has 0 saturated heterocycles. The summed E-state index contributed by atoms with van der Waals surface area (Å²) in [4.78, 5) is 23.7. The Morgan fingerprint density at radius 1 is 0.935 bits per heavy atom. The second-order valence-electron chi connectivity index (χ2n) is 7.91. The summed E-state index contributed by atoms with van der Waals surface area (Å²) in [5, 5.41) is 5.49. The van der Waals surface area contributed by atoms with Gasteiger partial charge in [0.1, 0.15) is 0 Å². The maximum Gasteiger partial charge on any atom is 0.240 e. The van der Waals surface area contributed by atoms with Crippen LogP contribution in [0.1, 0.15) is 51.0 Å². The van der Waals surface area contributed by atoms with Crippen molar-refractivity contribution in [3.05, 3.63) is 54.1 Å². The summed E-state index contributed by atoms with van der Waals surface area (Å²) in [7, 11) is -3.52. The van der Waals surface area contributed by atoms with Gasteiger partial charge in [0.25, 0.3) is 0 Å². The van der Waals surface area contributed by atoms with Crippen LogP contribution in [0.15, 0.2) is 53.4 Å². The van der Waals surface area contributed by atoms with Crippen LogP contribution in [0.2, 0.25) is 0 Å². The predicted octanol–water partition coefficient (Wildman–Crippen LogP) is 3.83. The Hall–Kier alpha value is -2.71. The molecule has 8 heteroatoms. The molecule has 0 unspecified atom stereocenters. The summed E-state index contributed by atoms with van der Waals surface area (Å²) in [6.07, 6.45) is 5.82. The van der Waals surface area contributed by atoms with E-state index in [0.29, 0.717) is 17.8 Å². The molecule has 1 saturated carbocycles. The smallest absolute Gasteiger partial charge is 0.240 e. The number of amides is 2. The molecular weight excluding hydrogens is 414 g/mol. The van der Waals surface area contributed by atoms with Crippen LogP contribution in [-0.4, -0.2) is 26.3 Å². The second kappa shape index (κ2) is 10.5. The fourth-order valence-corrected chi connectivity index (χ4v) is 5.01. The van der Waals surface area contributed by atoms with Gasteiger partial charge in [-0.15, -0.1) is 0 Å². The average Bonchev–Trinajstić information content (AvgIpc) is 2.73. The van der Waals surface area contributed by atoms with Gasteiger partial charge in [0.05, 0.1) is 4.90 Å². The number of benzene rings is 2. The van der Waals surface area contributed by atoms with E-state index in [1.807, 2.05) is 0 Å². The monoisotopic (exact) mass is 443 g/mol. The van der Waals surface area contributed by atoms with Crippen molar-refractivity contribution in [1.82, 2.24) is 4.72 Å². The van der Waals surface area contributed by atoms with Gasteiger partial charge in [-0.3, -0.25) is 9.59 Å². The van der Waals surface area contributed by atoms with Crippen molar-refractivity contribution in [2.75, 3.05) is 10.6 Å². The Balaban J connectivity index is 1.51. The topological polar surface area (TPSA) is 104 Å². The number of hydrogen-bond donors (Lipinski definition) is 3. The van der Waals surface area contributed by atoms with Crippen molar-refractivity contribution in [3.63, 3.8) is 0 Å². The van der Waals surface area contributed by atoms with Crippen LogP contribution in [-0.2, 0) is 26.0 Å². The van der Waals surface area contributed by atoms with Crippen LogP contribution in [0.25, 0.3) is 0 Å². The zero-order chi connectivity index (χ0) is 22.3. The molecule has 31 heavy (non-hydrogen) atoms. The summed E-state index contributed by atoms with van der Waals surface area (Å²) < 4.78 is 28.0. The number of carbonyl (C=O) groups is 2. The van der Waals surface area contributed by atoms with Gasteiger partial charge in [0.2, 0.25) is 21.8 Å². The van der Waals surface area contributed by atoms with Gasteiger partial charge < -0.3 is 10.6 Å². The maximum atomic E-state index is 12.6. The first-order chi connectivity index (χ1) is 14.8. The number of rotatable bonds is 8. The highest BCUT2D eigenvalue weighted by Gasteiger charge is 2.21. The van der Waals surface area contributed by atoms with E-state index in [0.717, 1.165) is 31.2 Å². The third-order valence-electron chi connectivity index (χ3n) is 5.27. The van der Waals surface area contributed by atoms with Gasteiger partial charge in [-0.05, 0) is 55.2 Å². The number of carbonyl (C=O) groups excluding carboxylic acids is 2. The minimum Gasteiger partial charge on any atom is -0.326 e. The molecule has 1 aliphatic rings. The van der Waals surface area contributed by atoms with Crippen LogP contribution in [0.5, 0.6) is 0 Å². The Morgan fingerprint density at radius 2 is 1.58 bits per heavy atom. The van der Waals surface area contributed by atoms with Crippen molar-refractivity contribution < 1.29 is 18.0 Å². The zero-order valence-corrected chi connectivity index (χ0v) is 18.5. The standard InChI is InChI=1S/C23H29N3O4S/c1-17(27)24-20-8-5-9-21(16-20)25-23(28)15-12-18-10-13-22(14-11-18)31(29,30)26-19-6-3-2-4-7-19/h5,8-11,13-14,16,19,26H,2-4,6-7,12,15H2,1H3,(H,24,27)(H,25,28). The first-order valence-corrected chi connectivity index (χ1v) is 12.1. The Labute approximate surface area is 183 Å². The summed E-state index contributed by atoms with van der Waals surface area (Å²) >= 11 is 0. The molecule has 2 amide bonds. The molecule has 0 aromatic heterocycles. The zero-order valence-electron chi connectivity index (χ0n) is 17.7. The molecule has 0 spiro atoms. The number of nitrogens with one attached hydrogen (secondary N) is 3. The number of sulfonamides is 1. The molecule has 1 aliphatic carbocycles. The van der Waals surface area contributed by atoms with E-state index in [1.54, 1.807) is 48.5 Å². The van der Waals surface area contributed by atoms with Crippen molar-refractivity contribution in [2.24, 2.45) is 0 Å². The van der Waals surface area contributed by atoms with Gasteiger partial charge in [0, 0.05) is 30.8 Å². The maximum absolute atomic E-state index is 12.6. The van der Waals surface area contributed by atoms with Crippen molar-refractivity contribution in [1.29, 1.82) is 0 Å². The quantitative estimate of drug-likeness (QED) is 0.577. The summed E-state index contributed by atoms with van der Waals surface area (Å²) in [5.74, 6) is -0.335. The highest BCUT2D eigenvalue weighted by Crippen LogP contribution is 2.20. The first kappa shape index (κ1) is 23.0. The molecule has 3 N–H and O–H groups in total. The Bertz CT molecular complexity index is 1010. The molecule has 0 bridgehead atoms. The van der Waals surface area contributed by atoms with Crippen LogP contribution in [0, 0.1) is 0 Å². The van der Waals surface area contributed by atoms with E-state index in [9.17, 15) is 18.0 Å². The molecule has 0 radical (unpaired) electrons. The molecule has 3 rings (SSSR count). The van der Waals surface area contributed by atoms with E-state index in [2.05, 4.69) is 15.4 Å². The molecule has 7 nitrogen and oxygen atoms in total. The van der Waals surface area contributed by atoms with Crippen LogP contribution in [0.4, 0.5) is 11.4 Å². The molecule has 2 aromatic carbocycles. The van der Waals surface area contributed by atoms with E-state index in [4.69, 9.17) is 0 Å². The number of hydrogen-bond acceptors (Lipinski definition) is 4. The van der Waals surface area contributed by atoms with Crippen molar-refractivity contribution >= 4 is 33.2 Å². The lowest BCUT2D eigenvalue weighted by Crippen LogP contribution is -2.36. The summed E-state index contributed by atoms with van der Waals surface area (Å²) in [6, 6.07) is 13.6. The van der Waals surface area contributed by atoms with Crippen molar-refractivity contribution in [2.45, 2.75) is 62.8 Å². The third kappa shape index (κ3) is 7.18. The highest BCUT2D eigenvalue weighted by atomic mass is 32.2. The third-order valence-corrected chi connectivity index (χ3v) is 6.80. The van der Waals surface area contributed by atoms with Gasteiger partial charge in [0.15, 0.2) is 0 Å². The molecule has 166 valence electrons. The molecule has 0 aliphatic heterocycles. The normalized spacial score (nSPS) is 14.7. The van der Waals surface area contributed by atoms with Crippen LogP contribution >= 0.6 is 0 Å². The van der Waals surface area contributed by atoms with E-state index in [1.165, 1.54) is 13.3 Å². The molecule has 1 fully saturated rings. The fourth-order valence-electron chi connectivity index (χ4n) is 3.70. The van der Waals surface area contributed by atoms with Crippen LogP contribution in [0.3, 0.4) is 0 Å². The summed E-state index contributed by atoms with van der Waals surface area (Å²) in [6.45, 7) is 1.42.